The maximum atomic E-state index is 12.3. The van der Waals surface area contributed by atoms with Crippen LogP contribution < -0.4 is 5.32 Å². The average Bonchev–Trinajstić information content (AvgIpc) is 3.02. The molecule has 0 aliphatic carbocycles. The topological polar surface area (TPSA) is 54.9 Å². The molecule has 0 saturated heterocycles. The van der Waals surface area contributed by atoms with Crippen molar-refractivity contribution in [3.8, 4) is 0 Å². The summed E-state index contributed by atoms with van der Waals surface area (Å²) in [4.78, 5) is 12.3. The predicted molar refractivity (Wildman–Crippen MR) is 95.7 cm³/mol. The normalized spacial score (nSPS) is 12.1. The highest BCUT2D eigenvalue weighted by Gasteiger charge is 2.17. The maximum Gasteiger partial charge on any atom is 0.229 e. The summed E-state index contributed by atoms with van der Waals surface area (Å²) >= 11 is 1.48. The van der Waals surface area contributed by atoms with Crippen molar-refractivity contribution in [1.82, 2.24) is 10.2 Å². The Labute approximate surface area is 142 Å². The van der Waals surface area contributed by atoms with Crippen molar-refractivity contribution in [2.45, 2.75) is 52.4 Å². The number of benzene rings is 1. The fourth-order valence-corrected chi connectivity index (χ4v) is 3.22. The SMILES string of the molecule is CCCC[C@@H](CC)C(=O)Nc1nnc(CCc2ccccc2)s1. The van der Waals surface area contributed by atoms with Crippen molar-refractivity contribution in [3.63, 3.8) is 0 Å². The van der Waals surface area contributed by atoms with Gasteiger partial charge in [-0.05, 0) is 24.8 Å². The Kier molecular flexibility index (Phi) is 7.20. The molecule has 0 bridgehead atoms. The van der Waals surface area contributed by atoms with Crippen LogP contribution in [-0.4, -0.2) is 16.1 Å². The molecule has 23 heavy (non-hydrogen) atoms. The van der Waals surface area contributed by atoms with E-state index in [1.54, 1.807) is 0 Å². The number of carbonyl (C=O) groups is 1. The van der Waals surface area contributed by atoms with Crippen LogP contribution in [0, 0.1) is 5.92 Å². The largest absolute Gasteiger partial charge is 0.300 e. The smallest absolute Gasteiger partial charge is 0.229 e. The first kappa shape index (κ1) is 17.6. The number of nitrogens with one attached hydrogen (secondary N) is 1. The molecule has 0 radical (unpaired) electrons. The van der Waals surface area contributed by atoms with Crippen molar-refractivity contribution in [2.24, 2.45) is 5.92 Å². The first-order valence-corrected chi connectivity index (χ1v) is 9.21. The van der Waals surface area contributed by atoms with Gasteiger partial charge in [0.25, 0.3) is 0 Å². The van der Waals surface area contributed by atoms with Crippen molar-refractivity contribution < 1.29 is 4.79 Å². The zero-order valence-corrected chi connectivity index (χ0v) is 14.7. The van der Waals surface area contributed by atoms with Crippen LogP contribution in [0.1, 0.15) is 50.1 Å². The van der Waals surface area contributed by atoms with E-state index < -0.39 is 0 Å². The summed E-state index contributed by atoms with van der Waals surface area (Å²) in [5.74, 6) is 0.151. The van der Waals surface area contributed by atoms with Gasteiger partial charge in [0.05, 0.1) is 0 Å². The van der Waals surface area contributed by atoms with E-state index in [1.165, 1.54) is 16.9 Å². The maximum absolute atomic E-state index is 12.3. The van der Waals surface area contributed by atoms with E-state index in [2.05, 4.69) is 41.5 Å². The van der Waals surface area contributed by atoms with Crippen molar-refractivity contribution in [2.75, 3.05) is 5.32 Å². The summed E-state index contributed by atoms with van der Waals surface area (Å²) in [6.45, 7) is 4.21. The Balaban J connectivity index is 1.85. The Hall–Kier alpha value is -1.75. The van der Waals surface area contributed by atoms with E-state index in [0.717, 1.165) is 43.5 Å². The van der Waals surface area contributed by atoms with Gasteiger partial charge in [-0.3, -0.25) is 4.79 Å². The molecule has 1 aromatic heterocycles. The number of aromatic nitrogens is 2. The molecular formula is C18H25N3OS. The zero-order valence-electron chi connectivity index (χ0n) is 13.9. The zero-order chi connectivity index (χ0) is 16.5. The quantitative estimate of drug-likeness (QED) is 0.737. The third kappa shape index (κ3) is 5.75. The minimum Gasteiger partial charge on any atom is -0.300 e. The minimum absolute atomic E-state index is 0.0756. The van der Waals surface area contributed by atoms with Crippen molar-refractivity contribution in [3.05, 3.63) is 40.9 Å². The molecule has 0 aliphatic heterocycles. The highest BCUT2D eigenvalue weighted by atomic mass is 32.1. The highest BCUT2D eigenvalue weighted by molar-refractivity contribution is 7.15. The highest BCUT2D eigenvalue weighted by Crippen LogP contribution is 2.20. The molecule has 1 amide bonds. The number of anilines is 1. The van der Waals surface area contributed by atoms with E-state index in [1.807, 2.05) is 18.2 Å². The third-order valence-electron chi connectivity index (χ3n) is 3.94. The van der Waals surface area contributed by atoms with Gasteiger partial charge in [0, 0.05) is 12.3 Å². The van der Waals surface area contributed by atoms with Gasteiger partial charge in [-0.2, -0.15) is 0 Å². The van der Waals surface area contributed by atoms with E-state index >= 15 is 0 Å². The number of amides is 1. The number of carbonyl (C=O) groups excluding carboxylic acids is 1. The molecule has 2 aromatic rings. The molecule has 0 spiro atoms. The number of rotatable bonds is 9. The van der Waals surface area contributed by atoms with Crippen LogP contribution in [0.15, 0.2) is 30.3 Å². The molecule has 0 aliphatic rings. The third-order valence-corrected chi connectivity index (χ3v) is 4.84. The Morgan fingerprint density at radius 1 is 1.17 bits per heavy atom. The van der Waals surface area contributed by atoms with E-state index in [-0.39, 0.29) is 11.8 Å². The number of hydrogen-bond donors (Lipinski definition) is 1. The molecule has 1 N–H and O–H groups in total. The lowest BCUT2D eigenvalue weighted by atomic mass is 9.99. The predicted octanol–water partition coefficient (Wildman–Crippen LogP) is 4.48. The van der Waals surface area contributed by atoms with Crippen LogP contribution in [0.4, 0.5) is 5.13 Å². The van der Waals surface area contributed by atoms with E-state index in [9.17, 15) is 4.79 Å². The van der Waals surface area contributed by atoms with Crippen LogP contribution in [0.25, 0.3) is 0 Å². The minimum atomic E-state index is 0.0756. The molecule has 5 heteroatoms. The van der Waals surface area contributed by atoms with Gasteiger partial charge in [0.2, 0.25) is 11.0 Å². The number of nitrogens with zero attached hydrogens (tertiary/aromatic N) is 2. The van der Waals surface area contributed by atoms with Gasteiger partial charge in [-0.1, -0.05) is 68.4 Å². The molecule has 0 saturated carbocycles. The molecule has 4 nitrogen and oxygen atoms in total. The number of hydrogen-bond acceptors (Lipinski definition) is 4. The van der Waals surface area contributed by atoms with E-state index in [4.69, 9.17) is 0 Å². The fourth-order valence-electron chi connectivity index (χ4n) is 2.48. The van der Waals surface area contributed by atoms with Crippen LogP contribution in [0.5, 0.6) is 0 Å². The lowest BCUT2D eigenvalue weighted by Crippen LogP contribution is -2.22. The van der Waals surface area contributed by atoms with Crippen molar-refractivity contribution in [1.29, 1.82) is 0 Å². The molecule has 2 rings (SSSR count). The molecule has 0 unspecified atom stereocenters. The molecule has 124 valence electrons. The summed E-state index contributed by atoms with van der Waals surface area (Å²) in [5, 5.41) is 12.8. The van der Waals surface area contributed by atoms with Gasteiger partial charge in [0.15, 0.2) is 0 Å². The van der Waals surface area contributed by atoms with Gasteiger partial charge in [-0.15, -0.1) is 10.2 Å². The Bertz CT molecular complexity index is 597. The summed E-state index contributed by atoms with van der Waals surface area (Å²) in [6, 6.07) is 10.3. The fraction of sp³-hybridized carbons (Fsp3) is 0.500. The first-order valence-electron chi connectivity index (χ1n) is 8.40. The van der Waals surface area contributed by atoms with Gasteiger partial charge in [0.1, 0.15) is 5.01 Å². The van der Waals surface area contributed by atoms with Gasteiger partial charge < -0.3 is 5.32 Å². The average molecular weight is 331 g/mol. The first-order chi connectivity index (χ1) is 11.2. The lowest BCUT2D eigenvalue weighted by Gasteiger charge is -2.12. The molecular weight excluding hydrogens is 306 g/mol. The summed E-state index contributed by atoms with van der Waals surface area (Å²) in [6.07, 6.45) is 5.81. The lowest BCUT2D eigenvalue weighted by molar-refractivity contribution is -0.120. The summed E-state index contributed by atoms with van der Waals surface area (Å²) in [7, 11) is 0. The Morgan fingerprint density at radius 3 is 2.65 bits per heavy atom. The second-order valence-electron chi connectivity index (χ2n) is 5.72. The van der Waals surface area contributed by atoms with Crippen LogP contribution in [-0.2, 0) is 17.6 Å². The van der Waals surface area contributed by atoms with Crippen LogP contribution >= 0.6 is 11.3 Å². The molecule has 0 fully saturated rings. The summed E-state index contributed by atoms with van der Waals surface area (Å²) < 4.78 is 0. The second kappa shape index (κ2) is 9.40. The van der Waals surface area contributed by atoms with Gasteiger partial charge >= 0.3 is 0 Å². The second-order valence-corrected chi connectivity index (χ2v) is 6.79. The number of aryl methyl sites for hydroxylation is 2. The number of unbranched alkanes of at least 4 members (excludes halogenated alkanes) is 1. The van der Waals surface area contributed by atoms with E-state index in [0.29, 0.717) is 5.13 Å². The molecule has 1 heterocycles. The standard InChI is InChI=1S/C18H25N3OS/c1-3-5-11-15(4-2)17(22)19-18-21-20-16(23-18)13-12-14-9-7-6-8-10-14/h6-10,15H,3-5,11-13H2,1-2H3,(H,19,21,22)/t15-/m1/s1. The Morgan fingerprint density at radius 2 is 1.96 bits per heavy atom. The van der Waals surface area contributed by atoms with Crippen LogP contribution in [0.2, 0.25) is 0 Å². The monoisotopic (exact) mass is 331 g/mol. The molecule has 1 aromatic carbocycles. The van der Waals surface area contributed by atoms with Crippen molar-refractivity contribution >= 4 is 22.4 Å². The van der Waals surface area contributed by atoms with Gasteiger partial charge in [-0.25, -0.2) is 0 Å². The van der Waals surface area contributed by atoms with Crippen LogP contribution in [0.3, 0.4) is 0 Å². The molecule has 1 atom stereocenters. The summed E-state index contributed by atoms with van der Waals surface area (Å²) in [5.41, 5.74) is 1.29.